The number of carbonyl (C=O) groups excluding carboxylic acids is 1. The summed E-state index contributed by atoms with van der Waals surface area (Å²) < 4.78 is 5.31. The van der Waals surface area contributed by atoms with E-state index in [1.807, 2.05) is 6.07 Å². The van der Waals surface area contributed by atoms with Gasteiger partial charge in [0.25, 0.3) is 0 Å². The quantitative estimate of drug-likeness (QED) is 0.885. The number of ether oxygens (including phenoxy) is 1. The molecule has 0 unspecified atom stereocenters. The van der Waals surface area contributed by atoms with Gasteiger partial charge in [0.1, 0.15) is 5.75 Å². The largest absolute Gasteiger partial charge is 0.496 e. The number of methoxy groups -OCH3 is 1. The second kappa shape index (κ2) is 6.09. The minimum absolute atomic E-state index is 0.231. The van der Waals surface area contributed by atoms with Crippen molar-refractivity contribution in [2.45, 2.75) is 39.5 Å². The number of rotatable bonds is 5. The van der Waals surface area contributed by atoms with Gasteiger partial charge in [0.15, 0.2) is 0 Å². The minimum atomic E-state index is 0.231. The third-order valence-corrected chi connectivity index (χ3v) is 4.24. The maximum absolute atomic E-state index is 11.7. The summed E-state index contributed by atoms with van der Waals surface area (Å²) in [6.45, 7) is 4.91. The van der Waals surface area contributed by atoms with Gasteiger partial charge in [0.2, 0.25) is 5.91 Å². The molecule has 2 rings (SSSR count). The second-order valence-electron chi connectivity index (χ2n) is 5.35. The lowest BCUT2D eigenvalue weighted by Crippen LogP contribution is -2.35. The van der Waals surface area contributed by atoms with Gasteiger partial charge < -0.3 is 10.1 Å². The number of nitrogens with one attached hydrogen (secondary N) is 1. The Bertz CT molecular complexity index is 464. The van der Waals surface area contributed by atoms with Crippen LogP contribution in [-0.4, -0.2) is 19.6 Å². The van der Waals surface area contributed by atoms with E-state index in [0.717, 1.165) is 31.6 Å². The standard InChI is InChI=1S/C16H23NO2/c1-11-12(2)15(19-3)8-7-13(11)9-10-17-16(18)14-5-4-6-14/h7-8,14H,4-6,9-10H2,1-3H3,(H,17,18). The SMILES string of the molecule is COc1ccc(CCNC(=O)C2CCC2)c(C)c1C. The molecule has 0 aliphatic heterocycles. The van der Waals surface area contributed by atoms with E-state index in [1.165, 1.54) is 23.1 Å². The van der Waals surface area contributed by atoms with Crippen molar-refractivity contribution in [3.8, 4) is 5.75 Å². The summed E-state index contributed by atoms with van der Waals surface area (Å²) >= 11 is 0. The van der Waals surface area contributed by atoms with E-state index in [1.54, 1.807) is 7.11 Å². The molecule has 1 N–H and O–H groups in total. The topological polar surface area (TPSA) is 38.3 Å². The van der Waals surface area contributed by atoms with Crippen LogP contribution in [0.15, 0.2) is 12.1 Å². The van der Waals surface area contributed by atoms with Crippen molar-refractivity contribution >= 4 is 5.91 Å². The zero-order valence-electron chi connectivity index (χ0n) is 12.1. The molecule has 1 aromatic rings. The second-order valence-corrected chi connectivity index (χ2v) is 5.35. The van der Waals surface area contributed by atoms with Crippen molar-refractivity contribution in [2.24, 2.45) is 5.92 Å². The molecular weight excluding hydrogens is 238 g/mol. The third kappa shape index (κ3) is 3.09. The van der Waals surface area contributed by atoms with Crippen LogP contribution in [0.2, 0.25) is 0 Å². The Hall–Kier alpha value is -1.51. The Morgan fingerprint density at radius 3 is 2.63 bits per heavy atom. The normalized spacial score (nSPS) is 14.9. The molecule has 0 bridgehead atoms. The summed E-state index contributed by atoms with van der Waals surface area (Å²) in [5, 5.41) is 3.04. The van der Waals surface area contributed by atoms with Gasteiger partial charge in [-0.25, -0.2) is 0 Å². The molecule has 1 saturated carbocycles. The van der Waals surface area contributed by atoms with Crippen molar-refractivity contribution < 1.29 is 9.53 Å². The lowest BCUT2D eigenvalue weighted by Gasteiger charge is -2.24. The van der Waals surface area contributed by atoms with Crippen molar-refractivity contribution in [3.63, 3.8) is 0 Å². The molecule has 0 heterocycles. The highest BCUT2D eigenvalue weighted by Gasteiger charge is 2.24. The fraction of sp³-hybridized carbons (Fsp3) is 0.562. The van der Waals surface area contributed by atoms with Crippen LogP contribution in [0.25, 0.3) is 0 Å². The molecule has 19 heavy (non-hydrogen) atoms. The van der Waals surface area contributed by atoms with Gasteiger partial charge in [0.05, 0.1) is 7.11 Å². The molecule has 1 aliphatic carbocycles. The van der Waals surface area contributed by atoms with Crippen molar-refractivity contribution in [3.05, 3.63) is 28.8 Å². The van der Waals surface area contributed by atoms with Gasteiger partial charge in [-0.15, -0.1) is 0 Å². The molecule has 0 spiro atoms. The first-order chi connectivity index (χ1) is 9.13. The minimum Gasteiger partial charge on any atom is -0.496 e. The monoisotopic (exact) mass is 261 g/mol. The van der Waals surface area contributed by atoms with Gasteiger partial charge in [-0.1, -0.05) is 12.5 Å². The molecule has 1 fully saturated rings. The van der Waals surface area contributed by atoms with E-state index in [9.17, 15) is 4.79 Å². The molecule has 0 atom stereocenters. The van der Waals surface area contributed by atoms with Crippen LogP contribution in [0.4, 0.5) is 0 Å². The summed E-state index contributed by atoms with van der Waals surface area (Å²) in [6.07, 6.45) is 4.21. The van der Waals surface area contributed by atoms with Crippen LogP contribution >= 0.6 is 0 Å². The van der Waals surface area contributed by atoms with E-state index >= 15 is 0 Å². The first-order valence-corrected chi connectivity index (χ1v) is 7.04. The molecule has 104 valence electrons. The lowest BCUT2D eigenvalue weighted by molar-refractivity contribution is -0.127. The highest BCUT2D eigenvalue weighted by molar-refractivity contribution is 5.79. The summed E-state index contributed by atoms with van der Waals surface area (Å²) in [7, 11) is 1.69. The maximum Gasteiger partial charge on any atom is 0.223 e. The summed E-state index contributed by atoms with van der Waals surface area (Å²) in [6, 6.07) is 4.10. The summed E-state index contributed by atoms with van der Waals surface area (Å²) in [4.78, 5) is 11.7. The van der Waals surface area contributed by atoms with Crippen LogP contribution in [0.3, 0.4) is 0 Å². The fourth-order valence-corrected chi connectivity index (χ4v) is 2.48. The van der Waals surface area contributed by atoms with Gasteiger partial charge in [-0.3, -0.25) is 4.79 Å². The van der Waals surface area contributed by atoms with E-state index in [2.05, 4.69) is 25.2 Å². The number of benzene rings is 1. The molecule has 0 saturated heterocycles. The molecule has 1 aliphatic rings. The lowest BCUT2D eigenvalue weighted by atomic mass is 9.85. The fourth-order valence-electron chi connectivity index (χ4n) is 2.48. The van der Waals surface area contributed by atoms with E-state index < -0.39 is 0 Å². The predicted octanol–water partition coefficient (Wildman–Crippen LogP) is 2.77. The maximum atomic E-state index is 11.7. The van der Waals surface area contributed by atoms with Crippen LogP contribution < -0.4 is 10.1 Å². The van der Waals surface area contributed by atoms with Gasteiger partial charge in [0, 0.05) is 12.5 Å². The van der Waals surface area contributed by atoms with Crippen LogP contribution in [0.1, 0.15) is 36.0 Å². The van der Waals surface area contributed by atoms with Crippen molar-refractivity contribution in [1.29, 1.82) is 0 Å². The molecule has 3 heteroatoms. The molecular formula is C16H23NO2. The van der Waals surface area contributed by atoms with E-state index in [-0.39, 0.29) is 11.8 Å². The molecule has 3 nitrogen and oxygen atoms in total. The predicted molar refractivity (Wildman–Crippen MR) is 76.5 cm³/mol. The number of amides is 1. The smallest absolute Gasteiger partial charge is 0.223 e. The van der Waals surface area contributed by atoms with Crippen LogP contribution in [0, 0.1) is 19.8 Å². The van der Waals surface area contributed by atoms with Gasteiger partial charge in [-0.2, -0.15) is 0 Å². The molecule has 0 radical (unpaired) electrons. The first-order valence-electron chi connectivity index (χ1n) is 7.04. The molecule has 1 aromatic carbocycles. The Balaban J connectivity index is 1.89. The Labute approximate surface area is 115 Å². The Kier molecular flexibility index (Phi) is 4.46. The average molecular weight is 261 g/mol. The summed E-state index contributed by atoms with van der Waals surface area (Å²) in [5.41, 5.74) is 3.73. The number of hydrogen-bond donors (Lipinski definition) is 1. The highest BCUT2D eigenvalue weighted by atomic mass is 16.5. The van der Waals surface area contributed by atoms with Crippen LogP contribution in [0.5, 0.6) is 5.75 Å². The van der Waals surface area contributed by atoms with E-state index in [0.29, 0.717) is 0 Å². The Morgan fingerprint density at radius 1 is 1.32 bits per heavy atom. The molecule has 1 amide bonds. The average Bonchev–Trinajstić information content (AvgIpc) is 2.32. The van der Waals surface area contributed by atoms with Crippen molar-refractivity contribution in [2.75, 3.05) is 13.7 Å². The van der Waals surface area contributed by atoms with Crippen molar-refractivity contribution in [1.82, 2.24) is 5.32 Å². The highest BCUT2D eigenvalue weighted by Crippen LogP contribution is 2.26. The van der Waals surface area contributed by atoms with Gasteiger partial charge >= 0.3 is 0 Å². The Morgan fingerprint density at radius 2 is 2.05 bits per heavy atom. The number of hydrogen-bond acceptors (Lipinski definition) is 2. The van der Waals surface area contributed by atoms with E-state index in [4.69, 9.17) is 4.74 Å². The van der Waals surface area contributed by atoms with Gasteiger partial charge in [-0.05, 0) is 55.9 Å². The first kappa shape index (κ1) is 13.9. The third-order valence-electron chi connectivity index (χ3n) is 4.24. The van der Waals surface area contributed by atoms with Crippen LogP contribution in [-0.2, 0) is 11.2 Å². The zero-order chi connectivity index (χ0) is 13.8. The summed E-state index contributed by atoms with van der Waals surface area (Å²) in [5.74, 6) is 1.44. The molecule has 0 aromatic heterocycles. The zero-order valence-corrected chi connectivity index (χ0v) is 12.1. The number of carbonyl (C=O) groups is 1.